The molecule has 1 aromatic carbocycles. The van der Waals surface area contributed by atoms with Crippen LogP contribution in [-0.4, -0.2) is 18.5 Å². The average molecular weight is 248 g/mol. The van der Waals surface area contributed by atoms with Crippen molar-refractivity contribution >= 4 is 5.91 Å². The summed E-state index contributed by atoms with van der Waals surface area (Å²) in [7, 11) is 0. The Kier molecular flexibility index (Phi) is 5.86. The van der Waals surface area contributed by atoms with E-state index in [4.69, 9.17) is 5.73 Å². The predicted octanol–water partition coefficient (Wildman–Crippen LogP) is 2.28. The van der Waals surface area contributed by atoms with Crippen LogP contribution in [0.3, 0.4) is 0 Å². The summed E-state index contributed by atoms with van der Waals surface area (Å²) < 4.78 is 0. The lowest BCUT2D eigenvalue weighted by atomic mass is 9.94. The Morgan fingerprint density at radius 3 is 2.33 bits per heavy atom. The normalized spacial score (nSPS) is 14.3. The van der Waals surface area contributed by atoms with Gasteiger partial charge in [0.2, 0.25) is 5.91 Å². The number of nitrogens with two attached hydrogens (primary N) is 1. The molecule has 0 aliphatic rings. The standard InChI is InChI=1S/C15H24N2O/c1-4-13(12-8-6-5-7-9-12)15(18)17-14(10-16)11(2)3/h5-9,11,13-14H,4,10,16H2,1-3H3,(H,17,18). The Morgan fingerprint density at radius 1 is 1.28 bits per heavy atom. The second-order valence-electron chi connectivity index (χ2n) is 4.97. The maximum atomic E-state index is 12.3. The molecule has 0 saturated heterocycles. The topological polar surface area (TPSA) is 55.1 Å². The largest absolute Gasteiger partial charge is 0.351 e. The van der Waals surface area contributed by atoms with E-state index in [-0.39, 0.29) is 17.9 Å². The molecule has 1 rings (SSSR count). The molecule has 3 nitrogen and oxygen atoms in total. The second-order valence-corrected chi connectivity index (χ2v) is 4.97. The first-order valence-corrected chi connectivity index (χ1v) is 6.65. The number of hydrogen-bond acceptors (Lipinski definition) is 2. The van der Waals surface area contributed by atoms with Crippen LogP contribution in [0.25, 0.3) is 0 Å². The van der Waals surface area contributed by atoms with Gasteiger partial charge < -0.3 is 11.1 Å². The number of nitrogens with one attached hydrogen (secondary N) is 1. The van der Waals surface area contributed by atoms with E-state index < -0.39 is 0 Å². The zero-order chi connectivity index (χ0) is 13.5. The molecule has 0 aromatic heterocycles. The van der Waals surface area contributed by atoms with E-state index in [2.05, 4.69) is 19.2 Å². The number of benzene rings is 1. The summed E-state index contributed by atoms with van der Waals surface area (Å²) in [5, 5.41) is 3.05. The quantitative estimate of drug-likeness (QED) is 0.811. The van der Waals surface area contributed by atoms with Crippen molar-refractivity contribution in [2.75, 3.05) is 6.54 Å². The fourth-order valence-electron chi connectivity index (χ4n) is 2.04. The predicted molar refractivity (Wildman–Crippen MR) is 75.3 cm³/mol. The van der Waals surface area contributed by atoms with Crippen molar-refractivity contribution in [1.82, 2.24) is 5.32 Å². The first-order chi connectivity index (χ1) is 8.60. The molecule has 2 atom stereocenters. The summed E-state index contributed by atoms with van der Waals surface area (Å²) in [4.78, 5) is 12.3. The lowest BCUT2D eigenvalue weighted by Crippen LogP contribution is -2.45. The second kappa shape index (κ2) is 7.17. The Morgan fingerprint density at radius 2 is 1.89 bits per heavy atom. The van der Waals surface area contributed by atoms with Crippen molar-refractivity contribution in [3.8, 4) is 0 Å². The molecular weight excluding hydrogens is 224 g/mol. The zero-order valence-electron chi connectivity index (χ0n) is 11.5. The smallest absolute Gasteiger partial charge is 0.227 e. The van der Waals surface area contributed by atoms with Crippen LogP contribution >= 0.6 is 0 Å². The van der Waals surface area contributed by atoms with Crippen molar-refractivity contribution in [3.05, 3.63) is 35.9 Å². The maximum absolute atomic E-state index is 12.3. The molecule has 0 heterocycles. The summed E-state index contributed by atoms with van der Waals surface area (Å²) in [6.45, 7) is 6.65. The number of carbonyl (C=O) groups is 1. The van der Waals surface area contributed by atoms with Crippen LogP contribution in [0.4, 0.5) is 0 Å². The third-order valence-electron chi connectivity index (χ3n) is 3.31. The minimum atomic E-state index is -0.0843. The molecule has 1 amide bonds. The minimum absolute atomic E-state index is 0.0512. The van der Waals surface area contributed by atoms with Gasteiger partial charge in [0.05, 0.1) is 5.92 Å². The molecule has 0 radical (unpaired) electrons. The van der Waals surface area contributed by atoms with E-state index in [1.165, 1.54) is 0 Å². The number of rotatable bonds is 6. The van der Waals surface area contributed by atoms with E-state index >= 15 is 0 Å². The van der Waals surface area contributed by atoms with E-state index in [9.17, 15) is 4.79 Å². The van der Waals surface area contributed by atoms with Gasteiger partial charge >= 0.3 is 0 Å². The Hall–Kier alpha value is -1.35. The molecule has 18 heavy (non-hydrogen) atoms. The Bertz CT molecular complexity index is 362. The zero-order valence-corrected chi connectivity index (χ0v) is 11.5. The first kappa shape index (κ1) is 14.7. The van der Waals surface area contributed by atoms with E-state index in [1.807, 2.05) is 37.3 Å². The van der Waals surface area contributed by atoms with Crippen LogP contribution in [0, 0.1) is 5.92 Å². The number of hydrogen-bond donors (Lipinski definition) is 2. The summed E-state index contributed by atoms with van der Waals surface area (Å²) in [5.74, 6) is 0.346. The molecule has 0 bridgehead atoms. The van der Waals surface area contributed by atoms with Crippen molar-refractivity contribution in [2.24, 2.45) is 11.7 Å². The van der Waals surface area contributed by atoms with Crippen LogP contribution in [0.15, 0.2) is 30.3 Å². The first-order valence-electron chi connectivity index (χ1n) is 6.65. The number of amides is 1. The van der Waals surface area contributed by atoms with Gasteiger partial charge in [-0.15, -0.1) is 0 Å². The van der Waals surface area contributed by atoms with Gasteiger partial charge in [0.15, 0.2) is 0 Å². The summed E-state index contributed by atoms with van der Waals surface area (Å²) in [6.07, 6.45) is 0.797. The summed E-state index contributed by atoms with van der Waals surface area (Å²) in [6, 6.07) is 9.95. The lowest BCUT2D eigenvalue weighted by Gasteiger charge is -2.24. The van der Waals surface area contributed by atoms with E-state index in [1.54, 1.807) is 0 Å². The molecule has 0 spiro atoms. The van der Waals surface area contributed by atoms with Gasteiger partial charge in [0.25, 0.3) is 0 Å². The molecule has 0 saturated carbocycles. The molecule has 0 fully saturated rings. The summed E-state index contributed by atoms with van der Waals surface area (Å²) in [5.41, 5.74) is 6.75. The highest BCUT2D eigenvalue weighted by Gasteiger charge is 2.22. The third kappa shape index (κ3) is 3.84. The van der Waals surface area contributed by atoms with Crippen molar-refractivity contribution in [1.29, 1.82) is 0 Å². The highest BCUT2D eigenvalue weighted by Crippen LogP contribution is 2.19. The van der Waals surface area contributed by atoms with Crippen LogP contribution in [0.5, 0.6) is 0 Å². The monoisotopic (exact) mass is 248 g/mol. The van der Waals surface area contributed by atoms with Crippen LogP contribution in [0.2, 0.25) is 0 Å². The Balaban J connectivity index is 2.74. The molecule has 1 aromatic rings. The molecule has 0 aliphatic carbocycles. The van der Waals surface area contributed by atoms with Crippen LogP contribution in [-0.2, 0) is 4.79 Å². The van der Waals surface area contributed by atoms with Gasteiger partial charge in [-0.1, -0.05) is 51.1 Å². The SMILES string of the molecule is CCC(C(=O)NC(CN)C(C)C)c1ccccc1. The lowest BCUT2D eigenvalue weighted by molar-refractivity contribution is -0.123. The van der Waals surface area contributed by atoms with Gasteiger partial charge in [0.1, 0.15) is 0 Å². The van der Waals surface area contributed by atoms with E-state index in [0.29, 0.717) is 12.5 Å². The van der Waals surface area contributed by atoms with Crippen LogP contribution in [0.1, 0.15) is 38.7 Å². The molecule has 3 heteroatoms. The Labute approximate surface area is 110 Å². The number of carbonyl (C=O) groups excluding carboxylic acids is 1. The van der Waals surface area contributed by atoms with Gasteiger partial charge in [-0.05, 0) is 17.9 Å². The van der Waals surface area contributed by atoms with Gasteiger partial charge in [-0.2, -0.15) is 0 Å². The molecular formula is C15H24N2O. The maximum Gasteiger partial charge on any atom is 0.227 e. The van der Waals surface area contributed by atoms with Gasteiger partial charge in [-0.25, -0.2) is 0 Å². The highest BCUT2D eigenvalue weighted by atomic mass is 16.1. The molecule has 100 valence electrons. The molecule has 0 aliphatic heterocycles. The van der Waals surface area contributed by atoms with Crippen LogP contribution < -0.4 is 11.1 Å². The summed E-state index contributed by atoms with van der Waals surface area (Å²) >= 11 is 0. The van der Waals surface area contributed by atoms with Crippen molar-refractivity contribution in [2.45, 2.75) is 39.2 Å². The molecule has 3 N–H and O–H groups in total. The fraction of sp³-hybridized carbons (Fsp3) is 0.533. The third-order valence-corrected chi connectivity index (χ3v) is 3.31. The van der Waals surface area contributed by atoms with Gasteiger partial charge in [0, 0.05) is 12.6 Å². The van der Waals surface area contributed by atoms with Crippen molar-refractivity contribution < 1.29 is 4.79 Å². The van der Waals surface area contributed by atoms with Crippen molar-refractivity contribution in [3.63, 3.8) is 0 Å². The molecule has 2 unspecified atom stereocenters. The van der Waals surface area contributed by atoms with Gasteiger partial charge in [-0.3, -0.25) is 4.79 Å². The highest BCUT2D eigenvalue weighted by molar-refractivity contribution is 5.83. The van der Waals surface area contributed by atoms with E-state index in [0.717, 1.165) is 12.0 Å². The fourth-order valence-corrected chi connectivity index (χ4v) is 2.04. The average Bonchev–Trinajstić information content (AvgIpc) is 2.37. The minimum Gasteiger partial charge on any atom is -0.351 e.